The first kappa shape index (κ1) is 41.8. The molecule has 0 radical (unpaired) electrons. The van der Waals surface area contributed by atoms with E-state index < -0.39 is 5.97 Å². The number of carbonyl (C=O) groups is 3. The van der Waals surface area contributed by atoms with Gasteiger partial charge in [0.25, 0.3) is 5.24 Å². The van der Waals surface area contributed by atoms with Gasteiger partial charge in [0, 0.05) is 24.7 Å². The third-order valence-corrected chi connectivity index (χ3v) is 13.6. The lowest BCUT2D eigenvalue weighted by atomic mass is 9.62. The van der Waals surface area contributed by atoms with Crippen molar-refractivity contribution in [3.8, 4) is 11.5 Å². The Bertz CT molecular complexity index is 2610. The van der Waals surface area contributed by atoms with Crippen LogP contribution in [0.1, 0.15) is 109 Å². The molecule has 2 N–H and O–H groups in total. The van der Waals surface area contributed by atoms with Crippen molar-refractivity contribution in [3.63, 3.8) is 0 Å². The van der Waals surface area contributed by atoms with E-state index in [0.717, 1.165) is 64.0 Å². The second kappa shape index (κ2) is 16.5. The summed E-state index contributed by atoms with van der Waals surface area (Å²) in [6.07, 6.45) is 6.58. The maximum atomic E-state index is 11.7. The first-order chi connectivity index (χ1) is 29.1. The molecule has 11 heteroatoms. The Labute approximate surface area is 361 Å². The average Bonchev–Trinajstić information content (AvgIpc) is 3.91. The van der Waals surface area contributed by atoms with Crippen LogP contribution in [-0.4, -0.2) is 42.0 Å². The van der Waals surface area contributed by atoms with Crippen molar-refractivity contribution in [1.82, 2.24) is 19.9 Å². The molecule has 1 atom stereocenters. The molecule has 2 aliphatic carbocycles. The number of thioether (sulfide) groups is 1. The van der Waals surface area contributed by atoms with E-state index in [2.05, 4.69) is 57.1 Å². The van der Waals surface area contributed by atoms with Crippen LogP contribution in [0.15, 0.2) is 103 Å². The fourth-order valence-electron chi connectivity index (χ4n) is 8.62. The van der Waals surface area contributed by atoms with Crippen LogP contribution < -0.4 is 14.8 Å². The van der Waals surface area contributed by atoms with Gasteiger partial charge in [0.2, 0.25) is 5.91 Å². The lowest BCUT2D eigenvalue weighted by Crippen LogP contribution is -2.34. The summed E-state index contributed by atoms with van der Waals surface area (Å²) < 4.78 is 13.9. The maximum absolute atomic E-state index is 11.7. The van der Waals surface area contributed by atoms with Crippen LogP contribution in [0.3, 0.4) is 0 Å². The number of nitrogens with one attached hydrogen (secondary N) is 1. The first-order valence-corrected chi connectivity index (χ1v) is 21.7. The van der Waals surface area contributed by atoms with Crippen LogP contribution in [-0.2, 0) is 47.7 Å². The minimum Gasteiger partial charge on any atom is -0.489 e. The number of hydrogen-bond acceptors (Lipinski definition) is 8. The zero-order valence-electron chi connectivity index (χ0n) is 35.6. The predicted octanol–water partition coefficient (Wildman–Crippen LogP) is 10.1. The summed E-state index contributed by atoms with van der Waals surface area (Å²) in [5.41, 5.74) is 11.2. The Morgan fingerprint density at radius 3 is 2.10 bits per heavy atom. The van der Waals surface area contributed by atoms with Gasteiger partial charge in [-0.3, -0.25) is 19.9 Å². The molecule has 3 aliphatic rings. The van der Waals surface area contributed by atoms with E-state index in [4.69, 9.17) is 19.6 Å². The van der Waals surface area contributed by atoms with Gasteiger partial charge in [0.1, 0.15) is 30.5 Å². The van der Waals surface area contributed by atoms with E-state index in [1.165, 1.54) is 41.3 Å². The smallest absolute Gasteiger partial charge is 0.337 e. The van der Waals surface area contributed by atoms with Crippen molar-refractivity contribution in [1.29, 1.82) is 0 Å². The molecule has 6 aromatic rings. The Kier molecular flexibility index (Phi) is 11.3. The number of carboxylic acid groups (broad SMARTS) is 1. The van der Waals surface area contributed by atoms with Crippen LogP contribution in [0.25, 0.3) is 11.0 Å². The average molecular weight is 837 g/mol. The Morgan fingerprint density at radius 2 is 1.48 bits per heavy atom. The van der Waals surface area contributed by atoms with Gasteiger partial charge in [0.15, 0.2) is 0 Å². The van der Waals surface area contributed by atoms with Crippen LogP contribution in [0.5, 0.6) is 11.5 Å². The molecule has 1 saturated carbocycles. The van der Waals surface area contributed by atoms with E-state index in [1.807, 2.05) is 90.5 Å². The number of hydrogen-bond donors (Lipinski definition) is 2. The van der Waals surface area contributed by atoms with Gasteiger partial charge in [0.05, 0.1) is 27.5 Å². The summed E-state index contributed by atoms with van der Waals surface area (Å²) in [6.45, 7) is 12.5. The number of nitrogens with zero attached hydrogens (tertiary/aromatic N) is 3. The van der Waals surface area contributed by atoms with E-state index in [0.29, 0.717) is 25.4 Å². The summed E-state index contributed by atoms with van der Waals surface area (Å²) in [5, 5.41) is 10.8. The molecule has 2 fully saturated rings. The Hall–Kier alpha value is -5.94. The Morgan fingerprint density at radius 1 is 0.803 bits per heavy atom. The second-order valence-corrected chi connectivity index (χ2v) is 19.0. The van der Waals surface area contributed by atoms with Crippen molar-refractivity contribution in [2.45, 2.75) is 101 Å². The summed E-state index contributed by atoms with van der Waals surface area (Å²) in [7, 11) is 1.96. The number of aromatic nitrogens is 3. The highest BCUT2D eigenvalue weighted by Crippen LogP contribution is 2.56. The third kappa shape index (κ3) is 8.80. The number of fused-ring (bicyclic) bond motifs is 2. The van der Waals surface area contributed by atoms with Crippen LogP contribution in [0.2, 0.25) is 0 Å². The zero-order chi connectivity index (χ0) is 43.1. The van der Waals surface area contributed by atoms with E-state index in [-0.39, 0.29) is 38.2 Å². The molecule has 314 valence electrons. The molecule has 0 spiro atoms. The van der Waals surface area contributed by atoms with Gasteiger partial charge in [-0.15, -0.1) is 0 Å². The minimum absolute atomic E-state index is 0.0478. The van der Waals surface area contributed by atoms with Gasteiger partial charge in [-0.2, -0.15) is 0 Å². The molecule has 9 rings (SSSR count). The number of amides is 2. The topological polar surface area (TPSA) is 133 Å². The number of imidazole rings is 1. The fraction of sp³-hybridized carbons (Fsp3) is 0.340. The number of pyridine rings is 1. The molecule has 1 saturated heterocycles. The molecule has 1 unspecified atom stereocenters. The van der Waals surface area contributed by atoms with E-state index in [9.17, 15) is 14.4 Å². The molecule has 61 heavy (non-hydrogen) atoms. The van der Waals surface area contributed by atoms with Crippen molar-refractivity contribution >= 4 is 39.9 Å². The van der Waals surface area contributed by atoms with Crippen LogP contribution in [0.4, 0.5) is 4.79 Å². The molecular weight excluding hydrogens is 785 g/mol. The highest BCUT2D eigenvalue weighted by atomic mass is 32.2. The Balaban J connectivity index is 0.000000173. The number of rotatable bonds is 11. The summed E-state index contributed by atoms with van der Waals surface area (Å²) >= 11 is 1.04. The largest absolute Gasteiger partial charge is 0.489 e. The number of ether oxygens (including phenoxy) is 2. The number of imide groups is 1. The molecule has 2 aromatic heterocycles. The van der Waals surface area contributed by atoms with Crippen molar-refractivity contribution < 1.29 is 29.0 Å². The standard InChI is InChI=1S/C26H23N3O4S.C24H29NO2/c1-29-22-14-20(32-15-18-5-3-2-4-6-18)11-12-21(22)27-24(29)16-33-19-9-7-17(8-10-19)13-23-25(30)28-26(31)34-23;1-15-12-18-19(23(4,5)9-8-22(18,2)3)13-17(15)24(10-11-24)20-7-6-16(14-25-20)21(26)27/h2-12,14,23H,13,15-16H2,1H3,(H,28,30,31);6-7,12-14H,8-11H2,1-5H3,(H,26,27). The van der Waals surface area contributed by atoms with Gasteiger partial charge in [-0.1, -0.05) is 94.1 Å². The number of aromatic carboxylic acids is 1. The predicted molar refractivity (Wildman–Crippen MR) is 239 cm³/mol. The molecule has 3 heterocycles. The fourth-order valence-corrected chi connectivity index (χ4v) is 9.48. The van der Waals surface area contributed by atoms with Crippen molar-refractivity contribution in [2.24, 2.45) is 7.05 Å². The zero-order valence-corrected chi connectivity index (χ0v) is 36.4. The third-order valence-electron chi connectivity index (χ3n) is 12.6. The highest BCUT2D eigenvalue weighted by molar-refractivity contribution is 8.15. The van der Waals surface area contributed by atoms with Gasteiger partial charge in [-0.25, -0.2) is 9.78 Å². The number of carboxylic acids is 1. The number of carbonyl (C=O) groups excluding carboxylic acids is 2. The molecular formula is C50H52N4O6S. The SMILES string of the molecule is Cc1cc2c(cc1C1(c3ccc(C(=O)O)cn3)CC1)C(C)(C)CCC2(C)C.Cn1c(COc2ccc(CC3SC(=O)NC3=O)cc2)nc2ccc(OCc3ccccc3)cc21. The first-order valence-electron chi connectivity index (χ1n) is 20.8. The van der Waals surface area contributed by atoms with E-state index in [1.54, 1.807) is 6.07 Å². The van der Waals surface area contributed by atoms with E-state index >= 15 is 0 Å². The van der Waals surface area contributed by atoms with Crippen LogP contribution >= 0.6 is 11.8 Å². The van der Waals surface area contributed by atoms with Crippen molar-refractivity contribution in [3.05, 3.63) is 154 Å². The van der Waals surface area contributed by atoms with Crippen molar-refractivity contribution in [2.75, 3.05) is 0 Å². The molecule has 2 amide bonds. The summed E-state index contributed by atoms with van der Waals surface area (Å²) in [6, 6.07) is 32.0. The molecule has 4 aromatic carbocycles. The molecule has 1 aliphatic heterocycles. The summed E-state index contributed by atoms with van der Waals surface area (Å²) in [4.78, 5) is 43.5. The lowest BCUT2D eigenvalue weighted by Gasteiger charge is -2.43. The monoisotopic (exact) mass is 836 g/mol. The van der Waals surface area contributed by atoms with Gasteiger partial charge < -0.3 is 19.1 Å². The lowest BCUT2D eigenvalue weighted by molar-refractivity contribution is -0.118. The minimum atomic E-state index is -0.923. The molecule has 0 bridgehead atoms. The quantitative estimate of drug-likeness (QED) is 0.131. The molecule has 10 nitrogen and oxygen atoms in total. The number of aryl methyl sites for hydroxylation is 2. The summed E-state index contributed by atoms with van der Waals surface area (Å²) in [5.74, 6) is 1.15. The normalized spacial score (nSPS) is 18.1. The maximum Gasteiger partial charge on any atom is 0.337 e. The second-order valence-electron chi connectivity index (χ2n) is 17.8. The van der Waals surface area contributed by atoms with Gasteiger partial charge >= 0.3 is 5.97 Å². The number of benzene rings is 4. The highest BCUT2D eigenvalue weighted by Gasteiger charge is 2.49. The van der Waals surface area contributed by atoms with Crippen LogP contribution in [0, 0.1) is 6.92 Å². The van der Waals surface area contributed by atoms with Gasteiger partial charge in [-0.05, 0) is 120 Å².